The van der Waals surface area contributed by atoms with Gasteiger partial charge in [-0.05, 0) is 23.7 Å². The minimum Gasteiger partial charge on any atom is -0.342 e. The number of amides is 2. The highest BCUT2D eigenvalue weighted by Crippen LogP contribution is 2.30. The summed E-state index contributed by atoms with van der Waals surface area (Å²) < 4.78 is 0. The summed E-state index contributed by atoms with van der Waals surface area (Å²) in [5.41, 5.74) is -0.105. The maximum absolute atomic E-state index is 12.7. The van der Waals surface area contributed by atoms with Crippen molar-refractivity contribution < 1.29 is 9.59 Å². The van der Waals surface area contributed by atoms with Gasteiger partial charge in [-0.2, -0.15) is 0 Å². The Hall–Kier alpha value is -1.06. The second-order valence-corrected chi connectivity index (χ2v) is 8.46. The third kappa shape index (κ3) is 4.72. The standard InChI is InChI=1S/C17H32N2O2/c1-8-9-12-15(21)19(11-10-16(2,3)4)13(14(20)18-12)17(5,6)7/h12-13H,8-11H2,1-7H3,(H,18,20). The highest BCUT2D eigenvalue weighted by atomic mass is 16.2. The first kappa shape index (κ1) is 18.0. The zero-order chi connectivity index (χ0) is 16.4. The molecule has 1 rings (SSSR count). The third-order valence-corrected chi connectivity index (χ3v) is 3.96. The van der Waals surface area contributed by atoms with Crippen LogP contribution in [0, 0.1) is 10.8 Å². The fourth-order valence-corrected chi connectivity index (χ4v) is 2.82. The van der Waals surface area contributed by atoms with E-state index >= 15 is 0 Å². The number of nitrogens with one attached hydrogen (secondary N) is 1. The number of carbonyl (C=O) groups excluding carboxylic acids is 2. The van der Waals surface area contributed by atoms with Crippen LogP contribution in [0.3, 0.4) is 0 Å². The van der Waals surface area contributed by atoms with Gasteiger partial charge in [0.25, 0.3) is 0 Å². The van der Waals surface area contributed by atoms with Crippen molar-refractivity contribution in [2.45, 2.75) is 79.8 Å². The van der Waals surface area contributed by atoms with E-state index in [2.05, 4.69) is 26.1 Å². The largest absolute Gasteiger partial charge is 0.342 e. The molecule has 2 amide bonds. The van der Waals surface area contributed by atoms with Crippen molar-refractivity contribution in [3.63, 3.8) is 0 Å². The topological polar surface area (TPSA) is 49.4 Å². The Bertz CT molecular complexity index is 391. The molecule has 1 aliphatic heterocycles. The Morgan fingerprint density at radius 2 is 1.67 bits per heavy atom. The van der Waals surface area contributed by atoms with Crippen molar-refractivity contribution in [1.29, 1.82) is 0 Å². The van der Waals surface area contributed by atoms with E-state index in [9.17, 15) is 9.59 Å². The molecule has 1 aliphatic rings. The summed E-state index contributed by atoms with van der Waals surface area (Å²) in [6.45, 7) is 15.2. The van der Waals surface area contributed by atoms with Gasteiger partial charge in [-0.25, -0.2) is 0 Å². The molecule has 0 bridgehead atoms. The van der Waals surface area contributed by atoms with Crippen LogP contribution in [0.2, 0.25) is 0 Å². The molecule has 21 heavy (non-hydrogen) atoms. The maximum Gasteiger partial charge on any atom is 0.245 e. The SMILES string of the molecule is CCCC1NC(=O)C(C(C)(C)C)N(CCC(C)(C)C)C1=O. The molecule has 0 aromatic rings. The zero-order valence-corrected chi connectivity index (χ0v) is 14.7. The molecule has 0 aromatic heterocycles. The van der Waals surface area contributed by atoms with Crippen molar-refractivity contribution in [3.8, 4) is 0 Å². The Morgan fingerprint density at radius 1 is 1.10 bits per heavy atom. The van der Waals surface area contributed by atoms with Crippen LogP contribution < -0.4 is 5.32 Å². The van der Waals surface area contributed by atoms with E-state index in [0.29, 0.717) is 13.0 Å². The fraction of sp³-hybridized carbons (Fsp3) is 0.882. The number of nitrogens with zero attached hydrogens (tertiary/aromatic N) is 1. The van der Waals surface area contributed by atoms with Gasteiger partial charge in [0.05, 0.1) is 0 Å². The molecule has 0 aliphatic carbocycles. The number of carbonyl (C=O) groups is 2. The van der Waals surface area contributed by atoms with Crippen LogP contribution in [0.1, 0.15) is 67.7 Å². The third-order valence-electron chi connectivity index (χ3n) is 3.96. The predicted molar refractivity (Wildman–Crippen MR) is 85.9 cm³/mol. The van der Waals surface area contributed by atoms with Gasteiger partial charge in [0.15, 0.2) is 0 Å². The van der Waals surface area contributed by atoms with Crippen molar-refractivity contribution in [1.82, 2.24) is 10.2 Å². The summed E-state index contributed by atoms with van der Waals surface area (Å²) in [5, 5.41) is 2.92. The lowest BCUT2D eigenvalue weighted by molar-refractivity contribution is -0.154. The van der Waals surface area contributed by atoms with Gasteiger partial charge in [-0.15, -0.1) is 0 Å². The van der Waals surface area contributed by atoms with Crippen LogP contribution in [0.5, 0.6) is 0 Å². The summed E-state index contributed by atoms with van der Waals surface area (Å²) >= 11 is 0. The van der Waals surface area contributed by atoms with Gasteiger partial charge in [-0.3, -0.25) is 9.59 Å². The molecule has 2 unspecified atom stereocenters. The molecule has 0 spiro atoms. The molecule has 1 saturated heterocycles. The fourth-order valence-electron chi connectivity index (χ4n) is 2.82. The van der Waals surface area contributed by atoms with Crippen LogP contribution >= 0.6 is 0 Å². The van der Waals surface area contributed by atoms with E-state index in [1.807, 2.05) is 32.6 Å². The molecular formula is C17H32N2O2. The normalized spacial score (nSPS) is 24.2. The lowest BCUT2D eigenvalue weighted by atomic mass is 9.82. The van der Waals surface area contributed by atoms with Gasteiger partial charge in [-0.1, -0.05) is 54.9 Å². The summed E-state index contributed by atoms with van der Waals surface area (Å²) in [6, 6.07) is -0.721. The molecule has 1 fully saturated rings. The summed E-state index contributed by atoms with van der Waals surface area (Å²) in [4.78, 5) is 27.1. The molecule has 122 valence electrons. The first-order valence-corrected chi connectivity index (χ1v) is 8.08. The molecule has 4 nitrogen and oxygen atoms in total. The second-order valence-electron chi connectivity index (χ2n) is 8.46. The average Bonchev–Trinajstić information content (AvgIpc) is 2.28. The zero-order valence-electron chi connectivity index (χ0n) is 14.7. The summed E-state index contributed by atoms with van der Waals surface area (Å²) in [5.74, 6) is 0.0788. The van der Waals surface area contributed by atoms with Crippen molar-refractivity contribution in [2.75, 3.05) is 6.54 Å². The van der Waals surface area contributed by atoms with Crippen LogP contribution in [0.25, 0.3) is 0 Å². The Balaban J connectivity index is 3.00. The lowest BCUT2D eigenvalue weighted by Gasteiger charge is -2.45. The van der Waals surface area contributed by atoms with Crippen molar-refractivity contribution in [2.24, 2.45) is 10.8 Å². The van der Waals surface area contributed by atoms with Crippen LogP contribution in [-0.2, 0) is 9.59 Å². The highest BCUT2D eigenvalue weighted by molar-refractivity contribution is 5.97. The van der Waals surface area contributed by atoms with Crippen molar-refractivity contribution >= 4 is 11.8 Å². The maximum atomic E-state index is 12.7. The quantitative estimate of drug-likeness (QED) is 0.867. The van der Waals surface area contributed by atoms with Gasteiger partial charge in [0.2, 0.25) is 11.8 Å². The number of piperazine rings is 1. The molecular weight excluding hydrogens is 264 g/mol. The highest BCUT2D eigenvalue weighted by Gasteiger charge is 2.45. The van der Waals surface area contributed by atoms with Crippen LogP contribution in [0.15, 0.2) is 0 Å². The lowest BCUT2D eigenvalue weighted by Crippen LogP contribution is -2.66. The number of hydrogen-bond donors (Lipinski definition) is 1. The van der Waals surface area contributed by atoms with E-state index in [1.165, 1.54) is 0 Å². The van der Waals surface area contributed by atoms with Crippen LogP contribution in [0.4, 0.5) is 0 Å². The average molecular weight is 296 g/mol. The Morgan fingerprint density at radius 3 is 2.10 bits per heavy atom. The summed E-state index contributed by atoms with van der Waals surface area (Å²) in [7, 11) is 0. The Labute approximate surface area is 129 Å². The van der Waals surface area contributed by atoms with E-state index in [4.69, 9.17) is 0 Å². The van der Waals surface area contributed by atoms with Gasteiger partial charge >= 0.3 is 0 Å². The smallest absolute Gasteiger partial charge is 0.245 e. The molecule has 1 N–H and O–H groups in total. The molecule has 4 heteroatoms. The molecule has 0 aromatic carbocycles. The van der Waals surface area contributed by atoms with E-state index in [-0.39, 0.29) is 34.7 Å². The molecule has 0 saturated carbocycles. The molecule has 2 atom stereocenters. The molecule has 1 heterocycles. The minimum atomic E-state index is -0.375. The molecule has 0 radical (unpaired) electrons. The van der Waals surface area contributed by atoms with Crippen LogP contribution in [-0.4, -0.2) is 35.3 Å². The van der Waals surface area contributed by atoms with Gasteiger partial charge in [0, 0.05) is 6.54 Å². The first-order chi connectivity index (χ1) is 9.47. The van der Waals surface area contributed by atoms with E-state index < -0.39 is 0 Å². The van der Waals surface area contributed by atoms with E-state index in [1.54, 1.807) is 0 Å². The predicted octanol–water partition coefficient (Wildman–Crippen LogP) is 2.96. The number of hydrogen-bond acceptors (Lipinski definition) is 2. The minimum absolute atomic E-state index is 0.00513. The Kier molecular flexibility index (Phi) is 5.46. The number of rotatable bonds is 4. The van der Waals surface area contributed by atoms with Crippen molar-refractivity contribution in [3.05, 3.63) is 0 Å². The van der Waals surface area contributed by atoms with Gasteiger partial charge in [0.1, 0.15) is 12.1 Å². The van der Waals surface area contributed by atoms with E-state index in [0.717, 1.165) is 12.8 Å². The first-order valence-electron chi connectivity index (χ1n) is 8.08. The monoisotopic (exact) mass is 296 g/mol. The van der Waals surface area contributed by atoms with Gasteiger partial charge < -0.3 is 10.2 Å². The summed E-state index contributed by atoms with van der Waals surface area (Å²) in [6.07, 6.45) is 2.51. The second kappa shape index (κ2) is 6.37.